The zero-order chi connectivity index (χ0) is 47.5. The van der Waals surface area contributed by atoms with Crippen molar-refractivity contribution >= 4 is 23.2 Å². The maximum Gasteiger partial charge on any atom is 0.123 e. The quantitative estimate of drug-likeness (QED) is 0.0415. The molecule has 0 heterocycles. The first kappa shape index (κ1) is 59.2. The van der Waals surface area contributed by atoms with Gasteiger partial charge in [-0.1, -0.05) is 305 Å². The van der Waals surface area contributed by atoms with Gasteiger partial charge in [-0.15, -0.1) is 0 Å². The van der Waals surface area contributed by atoms with Gasteiger partial charge in [0.15, 0.2) is 0 Å². The fourth-order valence-electron chi connectivity index (χ4n) is 9.71. The van der Waals surface area contributed by atoms with Gasteiger partial charge in [-0.2, -0.15) is 0 Å². The lowest BCUT2D eigenvalue weighted by Crippen LogP contribution is -2.07. The van der Waals surface area contributed by atoms with Crippen LogP contribution < -0.4 is 9.47 Å². The molecule has 0 aliphatic heterocycles. The van der Waals surface area contributed by atoms with E-state index in [1.165, 1.54) is 244 Å². The van der Waals surface area contributed by atoms with Crippen LogP contribution in [0.25, 0.3) is 0 Å². The third kappa shape index (κ3) is 31.6. The second-order valence-corrected chi connectivity index (χ2v) is 21.1. The van der Waals surface area contributed by atoms with Crippen molar-refractivity contribution < 1.29 is 9.47 Å². The van der Waals surface area contributed by atoms with Crippen molar-refractivity contribution in [2.45, 2.75) is 271 Å². The highest BCUT2D eigenvalue weighted by atomic mass is 35.5. The van der Waals surface area contributed by atoms with Crippen LogP contribution in [0.2, 0.25) is 10.0 Å². The third-order valence-corrected chi connectivity index (χ3v) is 14.5. The Bertz CT molecular complexity index is 1410. The molecule has 3 aromatic carbocycles. The molecule has 3 aromatic rings. The summed E-state index contributed by atoms with van der Waals surface area (Å²) in [5.41, 5.74) is 3.26. The lowest BCUT2D eigenvalue weighted by molar-refractivity contribution is 0.289. The van der Waals surface area contributed by atoms with E-state index < -0.39 is 0 Å². The Morgan fingerprint density at radius 3 is 0.746 bits per heavy atom. The molecule has 0 fully saturated rings. The maximum absolute atomic E-state index is 6.50. The molecular formula is C63H101Cl2O2. The van der Waals surface area contributed by atoms with Gasteiger partial charge in [0.2, 0.25) is 0 Å². The molecule has 0 bridgehead atoms. The first-order valence-corrected chi connectivity index (χ1v) is 29.7. The summed E-state index contributed by atoms with van der Waals surface area (Å²) in [6.07, 6.45) is 55.5. The minimum Gasteiger partial charge on any atom is -0.493 e. The Hall–Kier alpha value is -2.16. The van der Waals surface area contributed by atoms with Crippen LogP contribution in [0.5, 0.6) is 11.5 Å². The predicted molar refractivity (Wildman–Crippen MR) is 297 cm³/mol. The van der Waals surface area contributed by atoms with Crippen molar-refractivity contribution in [1.29, 1.82) is 0 Å². The molecule has 0 aromatic heterocycles. The lowest BCUT2D eigenvalue weighted by atomic mass is 9.85. The molecule has 67 heavy (non-hydrogen) atoms. The van der Waals surface area contributed by atoms with E-state index in [0.29, 0.717) is 0 Å². The zero-order valence-corrected chi connectivity index (χ0v) is 45.1. The smallest absolute Gasteiger partial charge is 0.123 e. The van der Waals surface area contributed by atoms with Crippen LogP contribution in [-0.2, 0) is 0 Å². The third-order valence-electron chi connectivity index (χ3n) is 14.0. The predicted octanol–water partition coefficient (Wildman–Crippen LogP) is 22.4. The number of unbranched alkanes of at least 4 members (excludes halogenated alkanes) is 38. The summed E-state index contributed by atoms with van der Waals surface area (Å²) in [6.45, 7) is 6.05. The van der Waals surface area contributed by atoms with Crippen molar-refractivity contribution in [2.24, 2.45) is 0 Å². The molecular weight excluding hydrogens is 860 g/mol. The highest BCUT2D eigenvalue weighted by molar-refractivity contribution is 6.30. The lowest BCUT2D eigenvalue weighted by Gasteiger charge is -2.21. The van der Waals surface area contributed by atoms with Gasteiger partial charge in [-0.25, -0.2) is 0 Å². The van der Waals surface area contributed by atoms with Crippen LogP contribution in [0.3, 0.4) is 0 Å². The van der Waals surface area contributed by atoms with E-state index >= 15 is 0 Å². The fourth-order valence-corrected chi connectivity index (χ4v) is 9.96. The van der Waals surface area contributed by atoms with E-state index in [1.807, 2.05) is 24.3 Å². The number of hydrogen-bond acceptors (Lipinski definition) is 2. The van der Waals surface area contributed by atoms with Crippen LogP contribution >= 0.6 is 23.2 Å². The number of benzene rings is 3. The minimum absolute atomic E-state index is 0.721. The minimum atomic E-state index is 0.721. The molecule has 3 rings (SSSR count). The molecule has 0 spiro atoms. The molecule has 0 saturated heterocycles. The van der Waals surface area contributed by atoms with Crippen molar-refractivity contribution in [3.8, 4) is 11.5 Å². The topological polar surface area (TPSA) is 18.5 Å². The average molecular weight is 961 g/mol. The van der Waals surface area contributed by atoms with Crippen LogP contribution in [-0.4, -0.2) is 13.2 Å². The normalized spacial score (nSPS) is 11.5. The fraction of sp³-hybridized carbons (Fsp3) is 0.698. The van der Waals surface area contributed by atoms with Crippen LogP contribution in [0.4, 0.5) is 0 Å². The molecule has 0 unspecified atom stereocenters. The number of ether oxygens (including phenoxy) is 2. The Morgan fingerprint density at radius 2 is 0.507 bits per heavy atom. The van der Waals surface area contributed by atoms with Crippen molar-refractivity contribution in [3.63, 3.8) is 0 Å². The van der Waals surface area contributed by atoms with E-state index in [2.05, 4.69) is 56.3 Å². The largest absolute Gasteiger partial charge is 0.493 e. The molecule has 0 saturated carbocycles. The van der Waals surface area contributed by atoms with Crippen molar-refractivity contribution in [2.75, 3.05) is 13.2 Å². The van der Waals surface area contributed by atoms with E-state index in [0.717, 1.165) is 70.2 Å². The zero-order valence-electron chi connectivity index (χ0n) is 43.6. The van der Waals surface area contributed by atoms with Crippen LogP contribution in [0.15, 0.2) is 66.7 Å². The van der Waals surface area contributed by atoms with Gasteiger partial charge in [-0.05, 0) is 65.9 Å². The van der Waals surface area contributed by atoms with Gasteiger partial charge in [-0.3, -0.25) is 0 Å². The molecule has 0 N–H and O–H groups in total. The monoisotopic (exact) mass is 960 g/mol. The highest BCUT2D eigenvalue weighted by Gasteiger charge is 2.20. The standard InChI is InChI=1S/C63H101Cl2O2/c1-3-5-7-9-11-13-15-17-19-21-23-25-27-29-31-33-35-37-39-41-51-66-61-53-58(63(56-43-47-59(64)48-44-56)57-45-49-60(65)50-46-57)54-62(55-61)67-52-42-40-38-36-34-32-30-28-26-24-22-20-18-16-14-12-10-8-6-4-2/h43-50,53-55H,3-42,51-52H2,1-2H3. The second kappa shape index (κ2) is 42.7. The molecule has 0 aliphatic carbocycles. The Morgan fingerprint density at radius 1 is 0.284 bits per heavy atom. The Labute approximate surface area is 425 Å². The van der Waals surface area contributed by atoms with E-state index in [4.69, 9.17) is 32.7 Å². The maximum atomic E-state index is 6.50. The number of halogens is 2. The molecule has 0 aliphatic rings. The molecule has 0 amide bonds. The molecule has 379 valence electrons. The van der Waals surface area contributed by atoms with Crippen molar-refractivity contribution in [1.82, 2.24) is 0 Å². The number of rotatable bonds is 47. The van der Waals surface area contributed by atoms with Crippen LogP contribution in [0, 0.1) is 5.92 Å². The van der Waals surface area contributed by atoms with Gasteiger partial charge in [0.25, 0.3) is 0 Å². The van der Waals surface area contributed by atoms with Gasteiger partial charge < -0.3 is 9.47 Å². The molecule has 2 nitrogen and oxygen atoms in total. The first-order chi connectivity index (χ1) is 33.1. The van der Waals surface area contributed by atoms with Gasteiger partial charge in [0.1, 0.15) is 11.5 Å². The summed E-state index contributed by atoms with van der Waals surface area (Å²) < 4.78 is 13.0. The van der Waals surface area contributed by atoms with Gasteiger partial charge >= 0.3 is 0 Å². The first-order valence-electron chi connectivity index (χ1n) is 28.9. The summed E-state index contributed by atoms with van der Waals surface area (Å²) in [4.78, 5) is 0. The second-order valence-electron chi connectivity index (χ2n) is 20.2. The SMILES string of the molecule is CCCCCCCCCCCCCCCCCCCCCCOc1cc(OCCCCCCCCCCCCCCCCCCCCCC)cc([C](c2ccc(Cl)cc2)c2ccc(Cl)cc2)c1. The van der Waals surface area contributed by atoms with E-state index in [1.54, 1.807) is 0 Å². The summed E-state index contributed by atoms with van der Waals surface area (Å²) in [5.74, 6) is 2.85. The highest BCUT2D eigenvalue weighted by Crippen LogP contribution is 2.37. The van der Waals surface area contributed by atoms with E-state index in [-0.39, 0.29) is 0 Å². The summed E-state index contributed by atoms with van der Waals surface area (Å²) in [5, 5.41) is 1.45. The van der Waals surface area contributed by atoms with Crippen LogP contribution in [0.1, 0.15) is 287 Å². The summed E-state index contributed by atoms with van der Waals surface area (Å²) in [6, 6.07) is 22.7. The molecule has 1 radical (unpaired) electrons. The molecule has 4 heteroatoms. The summed E-state index contributed by atoms with van der Waals surface area (Å²) in [7, 11) is 0. The summed E-state index contributed by atoms with van der Waals surface area (Å²) >= 11 is 12.7. The average Bonchev–Trinajstić information content (AvgIpc) is 3.33. The Balaban J connectivity index is 1.32. The van der Waals surface area contributed by atoms with Crippen molar-refractivity contribution in [3.05, 3.63) is 99.4 Å². The Kier molecular flexibility index (Phi) is 37.7. The number of hydrogen-bond donors (Lipinski definition) is 0. The van der Waals surface area contributed by atoms with Gasteiger partial charge in [0, 0.05) is 16.1 Å². The molecule has 0 atom stereocenters. The van der Waals surface area contributed by atoms with Gasteiger partial charge in [0.05, 0.1) is 19.1 Å². The van der Waals surface area contributed by atoms with E-state index in [9.17, 15) is 0 Å².